The van der Waals surface area contributed by atoms with Crippen LogP contribution in [0, 0.1) is 0 Å². The minimum absolute atomic E-state index is 0.112. The predicted octanol–water partition coefficient (Wildman–Crippen LogP) is 3.62. The van der Waals surface area contributed by atoms with Gasteiger partial charge in [0.1, 0.15) is 0 Å². The summed E-state index contributed by atoms with van der Waals surface area (Å²) in [5, 5.41) is 2.80. The van der Waals surface area contributed by atoms with E-state index in [1.807, 2.05) is 37.3 Å². The van der Waals surface area contributed by atoms with Crippen LogP contribution in [-0.4, -0.2) is 31.6 Å². The maximum Gasteiger partial charge on any atom is 0.262 e. The molecular weight excluding hydrogens is 344 g/mol. The zero-order chi connectivity index (χ0) is 19.1. The Hall–Kier alpha value is -3.02. The number of rotatable bonds is 8. The van der Waals surface area contributed by atoms with Crippen LogP contribution < -0.4 is 19.7 Å². The Morgan fingerprint density at radius 1 is 1.07 bits per heavy atom. The Morgan fingerprint density at radius 3 is 2.41 bits per heavy atom. The highest BCUT2D eigenvalue weighted by molar-refractivity contribution is 5.96. The summed E-state index contributed by atoms with van der Waals surface area (Å²) in [6.07, 6.45) is 2.38. The lowest BCUT2D eigenvalue weighted by Crippen LogP contribution is -2.23. The van der Waals surface area contributed by atoms with Gasteiger partial charge in [-0.25, -0.2) is 0 Å². The SMILES string of the molecule is CCCOc1ccccc1OCC(=O)Nc1ccc(N2CCCC2=O)cc1. The topological polar surface area (TPSA) is 67.9 Å². The summed E-state index contributed by atoms with van der Waals surface area (Å²) in [6.45, 7) is 3.26. The van der Waals surface area contributed by atoms with Gasteiger partial charge in [-0.3, -0.25) is 9.59 Å². The van der Waals surface area contributed by atoms with Gasteiger partial charge in [-0.1, -0.05) is 19.1 Å². The van der Waals surface area contributed by atoms with Crippen molar-refractivity contribution in [3.05, 3.63) is 48.5 Å². The average molecular weight is 368 g/mol. The number of anilines is 2. The number of hydrogen-bond donors (Lipinski definition) is 1. The molecule has 0 spiro atoms. The van der Waals surface area contributed by atoms with E-state index >= 15 is 0 Å². The summed E-state index contributed by atoms with van der Waals surface area (Å²) in [6, 6.07) is 14.6. The number of para-hydroxylation sites is 2. The second kappa shape index (κ2) is 9.07. The van der Waals surface area contributed by atoms with Crippen molar-refractivity contribution in [3.63, 3.8) is 0 Å². The first-order valence-electron chi connectivity index (χ1n) is 9.22. The molecule has 6 heteroatoms. The van der Waals surface area contributed by atoms with Crippen LogP contribution in [0.2, 0.25) is 0 Å². The third-order valence-electron chi connectivity index (χ3n) is 4.21. The van der Waals surface area contributed by atoms with Crippen LogP contribution >= 0.6 is 0 Å². The van der Waals surface area contributed by atoms with Gasteiger partial charge in [0.05, 0.1) is 6.61 Å². The van der Waals surface area contributed by atoms with E-state index < -0.39 is 0 Å². The molecule has 6 nitrogen and oxygen atoms in total. The van der Waals surface area contributed by atoms with E-state index in [0.717, 1.165) is 25.1 Å². The van der Waals surface area contributed by atoms with Gasteiger partial charge in [0.25, 0.3) is 5.91 Å². The molecule has 0 aromatic heterocycles. The minimum Gasteiger partial charge on any atom is -0.490 e. The van der Waals surface area contributed by atoms with E-state index in [1.54, 1.807) is 23.1 Å². The molecule has 1 heterocycles. The van der Waals surface area contributed by atoms with Crippen molar-refractivity contribution in [2.75, 3.05) is 30.0 Å². The van der Waals surface area contributed by atoms with Crippen LogP contribution in [-0.2, 0) is 9.59 Å². The summed E-state index contributed by atoms with van der Waals surface area (Å²) in [5.74, 6) is 1.06. The number of benzene rings is 2. The molecule has 1 aliphatic rings. The molecule has 1 N–H and O–H groups in total. The Balaban J connectivity index is 1.53. The van der Waals surface area contributed by atoms with E-state index in [1.165, 1.54) is 0 Å². The van der Waals surface area contributed by atoms with E-state index in [2.05, 4.69) is 5.32 Å². The molecule has 27 heavy (non-hydrogen) atoms. The molecule has 2 amide bonds. The first kappa shape index (κ1) is 18.8. The lowest BCUT2D eigenvalue weighted by molar-refractivity contribution is -0.118. The minimum atomic E-state index is -0.259. The fourth-order valence-corrected chi connectivity index (χ4v) is 2.89. The van der Waals surface area contributed by atoms with Crippen molar-refractivity contribution in [1.29, 1.82) is 0 Å². The van der Waals surface area contributed by atoms with Crippen LogP contribution in [0.3, 0.4) is 0 Å². The highest BCUT2D eigenvalue weighted by atomic mass is 16.5. The number of hydrogen-bond acceptors (Lipinski definition) is 4. The molecule has 2 aromatic carbocycles. The molecule has 3 rings (SSSR count). The number of carbonyl (C=O) groups excluding carboxylic acids is 2. The van der Waals surface area contributed by atoms with Crippen LogP contribution in [0.1, 0.15) is 26.2 Å². The first-order valence-corrected chi connectivity index (χ1v) is 9.22. The van der Waals surface area contributed by atoms with Crippen LogP contribution in [0.25, 0.3) is 0 Å². The highest BCUT2D eigenvalue weighted by Crippen LogP contribution is 2.27. The zero-order valence-electron chi connectivity index (χ0n) is 15.4. The van der Waals surface area contributed by atoms with E-state index in [4.69, 9.17) is 9.47 Å². The van der Waals surface area contributed by atoms with Crippen molar-refractivity contribution >= 4 is 23.2 Å². The summed E-state index contributed by atoms with van der Waals surface area (Å²) < 4.78 is 11.2. The highest BCUT2D eigenvalue weighted by Gasteiger charge is 2.21. The largest absolute Gasteiger partial charge is 0.490 e. The Bertz CT molecular complexity index is 789. The number of amides is 2. The third kappa shape index (κ3) is 5.00. The van der Waals surface area contributed by atoms with Crippen LogP contribution in [0.15, 0.2) is 48.5 Å². The molecule has 142 valence electrons. The number of carbonyl (C=O) groups is 2. The van der Waals surface area contributed by atoms with Crippen molar-refractivity contribution in [2.24, 2.45) is 0 Å². The van der Waals surface area contributed by atoms with Crippen molar-refractivity contribution in [2.45, 2.75) is 26.2 Å². The van der Waals surface area contributed by atoms with Crippen LogP contribution in [0.4, 0.5) is 11.4 Å². The smallest absolute Gasteiger partial charge is 0.262 e. The second-order valence-corrected chi connectivity index (χ2v) is 6.33. The van der Waals surface area contributed by atoms with Gasteiger partial charge < -0.3 is 19.7 Å². The summed E-state index contributed by atoms with van der Waals surface area (Å²) in [4.78, 5) is 25.7. The monoisotopic (exact) mass is 368 g/mol. The van der Waals surface area contributed by atoms with Gasteiger partial charge in [0.2, 0.25) is 5.91 Å². The third-order valence-corrected chi connectivity index (χ3v) is 4.21. The molecule has 0 bridgehead atoms. The molecule has 2 aromatic rings. The molecule has 1 aliphatic heterocycles. The second-order valence-electron chi connectivity index (χ2n) is 6.33. The van der Waals surface area contributed by atoms with Gasteiger partial charge >= 0.3 is 0 Å². The van der Waals surface area contributed by atoms with Crippen molar-refractivity contribution in [1.82, 2.24) is 0 Å². The maximum atomic E-state index is 12.2. The van der Waals surface area contributed by atoms with Gasteiger partial charge in [0, 0.05) is 24.3 Å². The van der Waals surface area contributed by atoms with E-state index in [0.29, 0.717) is 30.2 Å². The summed E-state index contributed by atoms with van der Waals surface area (Å²) in [7, 11) is 0. The number of nitrogens with zero attached hydrogens (tertiary/aromatic N) is 1. The summed E-state index contributed by atoms with van der Waals surface area (Å²) in [5.41, 5.74) is 1.52. The fourth-order valence-electron chi connectivity index (χ4n) is 2.89. The van der Waals surface area contributed by atoms with E-state index in [9.17, 15) is 9.59 Å². The molecule has 0 saturated carbocycles. The Labute approximate surface area is 159 Å². The average Bonchev–Trinajstić information content (AvgIpc) is 3.12. The molecule has 0 atom stereocenters. The normalized spacial score (nSPS) is 13.5. The van der Waals surface area contributed by atoms with Crippen molar-refractivity contribution in [3.8, 4) is 11.5 Å². The lowest BCUT2D eigenvalue weighted by Gasteiger charge is -2.16. The standard InChI is InChI=1S/C21H24N2O4/c1-2-14-26-18-6-3-4-7-19(18)27-15-20(24)22-16-9-11-17(12-10-16)23-13-5-8-21(23)25/h3-4,6-7,9-12H,2,5,8,13-15H2,1H3,(H,22,24). The quantitative estimate of drug-likeness (QED) is 0.773. The molecule has 0 radical (unpaired) electrons. The van der Waals surface area contributed by atoms with Gasteiger partial charge in [-0.05, 0) is 49.2 Å². The molecule has 1 saturated heterocycles. The Kier molecular flexibility index (Phi) is 6.30. The van der Waals surface area contributed by atoms with Crippen LogP contribution in [0.5, 0.6) is 11.5 Å². The first-order chi connectivity index (χ1) is 13.2. The predicted molar refractivity (Wildman–Crippen MR) is 104 cm³/mol. The molecular formula is C21H24N2O4. The fraction of sp³-hybridized carbons (Fsp3) is 0.333. The molecule has 1 fully saturated rings. The van der Waals surface area contributed by atoms with Gasteiger partial charge in [-0.15, -0.1) is 0 Å². The number of nitrogens with one attached hydrogen (secondary N) is 1. The lowest BCUT2D eigenvalue weighted by atomic mass is 10.2. The van der Waals surface area contributed by atoms with Gasteiger partial charge in [-0.2, -0.15) is 0 Å². The Morgan fingerprint density at radius 2 is 1.78 bits per heavy atom. The summed E-state index contributed by atoms with van der Waals surface area (Å²) >= 11 is 0. The van der Waals surface area contributed by atoms with Crippen molar-refractivity contribution < 1.29 is 19.1 Å². The molecule has 0 unspecified atom stereocenters. The van der Waals surface area contributed by atoms with E-state index in [-0.39, 0.29) is 18.4 Å². The zero-order valence-corrected chi connectivity index (χ0v) is 15.4. The van der Waals surface area contributed by atoms with Gasteiger partial charge in [0.15, 0.2) is 18.1 Å². The maximum absolute atomic E-state index is 12.2. The number of ether oxygens (including phenoxy) is 2. The molecule has 0 aliphatic carbocycles.